The number of hydrogen-bond donors (Lipinski definition) is 2. The molecule has 1 aliphatic heterocycles. The number of likely N-dealkylation sites (tertiary alicyclic amines) is 1. The summed E-state index contributed by atoms with van der Waals surface area (Å²) in [6.45, 7) is 6.07. The average Bonchev–Trinajstić information content (AvgIpc) is 3.21. The smallest absolute Gasteiger partial charge is 0.255 e. The van der Waals surface area contributed by atoms with Crippen LogP contribution in [-0.4, -0.2) is 51.2 Å². The first-order valence-electron chi connectivity index (χ1n) is 10.0. The van der Waals surface area contributed by atoms with Gasteiger partial charge in [-0.2, -0.15) is 0 Å². The van der Waals surface area contributed by atoms with Crippen molar-refractivity contribution in [2.24, 2.45) is 11.8 Å². The van der Waals surface area contributed by atoms with Crippen LogP contribution in [0, 0.1) is 11.8 Å². The Kier molecular flexibility index (Phi) is 6.79. The summed E-state index contributed by atoms with van der Waals surface area (Å²) in [6, 6.07) is 3.62. The minimum atomic E-state index is -0.0430. The molecule has 0 saturated carbocycles. The first kappa shape index (κ1) is 20.0. The Morgan fingerprint density at radius 2 is 2.18 bits per heavy atom. The number of aromatic nitrogens is 3. The predicted molar refractivity (Wildman–Crippen MR) is 108 cm³/mol. The van der Waals surface area contributed by atoms with Gasteiger partial charge in [-0.05, 0) is 30.9 Å². The van der Waals surface area contributed by atoms with Gasteiger partial charge in [0.1, 0.15) is 11.6 Å². The molecule has 150 valence electrons. The number of pyridine rings is 1. The summed E-state index contributed by atoms with van der Waals surface area (Å²) in [4.78, 5) is 38.4. The van der Waals surface area contributed by atoms with Crippen LogP contribution in [0.15, 0.2) is 30.9 Å². The summed E-state index contributed by atoms with van der Waals surface area (Å²) in [5, 5.41) is 3.24. The van der Waals surface area contributed by atoms with E-state index in [1.54, 1.807) is 29.7 Å². The number of piperidine rings is 1. The van der Waals surface area contributed by atoms with E-state index in [1.165, 1.54) is 0 Å². The monoisotopic (exact) mass is 383 g/mol. The van der Waals surface area contributed by atoms with Crippen molar-refractivity contribution >= 4 is 17.5 Å². The molecular weight excluding hydrogens is 354 g/mol. The lowest BCUT2D eigenvalue weighted by molar-refractivity contribution is -0.124. The number of rotatable bonds is 8. The van der Waals surface area contributed by atoms with Crippen molar-refractivity contribution in [3.05, 3.63) is 42.1 Å². The summed E-state index contributed by atoms with van der Waals surface area (Å²) in [7, 11) is 0. The maximum absolute atomic E-state index is 12.8. The fourth-order valence-electron chi connectivity index (χ4n) is 3.55. The van der Waals surface area contributed by atoms with Crippen molar-refractivity contribution in [1.82, 2.24) is 19.9 Å². The second kappa shape index (κ2) is 9.48. The van der Waals surface area contributed by atoms with E-state index in [0.29, 0.717) is 31.0 Å². The SMILES string of the molecule is CC(C)CC(=O)[C@H]1CCCN(C(=O)c2ccc(NCCc3cnc[nH]3)nc2)C1. The van der Waals surface area contributed by atoms with Crippen LogP contribution in [-0.2, 0) is 11.2 Å². The van der Waals surface area contributed by atoms with Crippen molar-refractivity contribution in [2.75, 3.05) is 25.0 Å². The van der Waals surface area contributed by atoms with Crippen LogP contribution < -0.4 is 5.32 Å². The van der Waals surface area contributed by atoms with Crippen LogP contribution >= 0.6 is 0 Å². The molecule has 1 aliphatic rings. The minimum Gasteiger partial charge on any atom is -0.370 e. The number of nitrogens with zero attached hydrogens (tertiary/aromatic N) is 3. The molecule has 3 heterocycles. The average molecular weight is 383 g/mol. The molecule has 1 fully saturated rings. The first-order chi connectivity index (χ1) is 13.5. The largest absolute Gasteiger partial charge is 0.370 e. The number of aromatic amines is 1. The van der Waals surface area contributed by atoms with Crippen molar-refractivity contribution in [1.29, 1.82) is 0 Å². The van der Waals surface area contributed by atoms with E-state index < -0.39 is 0 Å². The zero-order valence-corrected chi connectivity index (χ0v) is 16.6. The molecule has 3 rings (SSSR count). The van der Waals surface area contributed by atoms with Gasteiger partial charge in [0.15, 0.2) is 0 Å². The number of amides is 1. The number of H-pyrrole nitrogens is 1. The van der Waals surface area contributed by atoms with Gasteiger partial charge in [-0.1, -0.05) is 13.8 Å². The van der Waals surface area contributed by atoms with Crippen molar-refractivity contribution < 1.29 is 9.59 Å². The van der Waals surface area contributed by atoms with E-state index in [1.807, 2.05) is 6.07 Å². The fourth-order valence-corrected chi connectivity index (χ4v) is 3.55. The molecule has 2 aromatic rings. The lowest BCUT2D eigenvalue weighted by Gasteiger charge is -2.32. The third kappa shape index (κ3) is 5.41. The van der Waals surface area contributed by atoms with Gasteiger partial charge in [-0.25, -0.2) is 9.97 Å². The lowest BCUT2D eigenvalue weighted by atomic mass is 9.89. The molecule has 0 radical (unpaired) electrons. The zero-order chi connectivity index (χ0) is 19.9. The van der Waals surface area contributed by atoms with E-state index >= 15 is 0 Å². The second-order valence-corrected chi connectivity index (χ2v) is 7.84. The van der Waals surface area contributed by atoms with Crippen LogP contribution in [0.4, 0.5) is 5.82 Å². The van der Waals surface area contributed by atoms with Crippen LogP contribution in [0.1, 0.15) is 49.2 Å². The predicted octanol–water partition coefficient (Wildman–Crippen LogP) is 2.93. The summed E-state index contributed by atoms with van der Waals surface area (Å²) in [6.07, 6.45) is 8.24. The molecule has 0 aromatic carbocycles. The normalized spacial score (nSPS) is 17.0. The topological polar surface area (TPSA) is 91.0 Å². The summed E-state index contributed by atoms with van der Waals surface area (Å²) < 4.78 is 0. The van der Waals surface area contributed by atoms with Gasteiger partial charge in [0.25, 0.3) is 5.91 Å². The fraction of sp³-hybridized carbons (Fsp3) is 0.524. The molecular formula is C21H29N5O2. The number of carbonyl (C=O) groups is 2. The molecule has 1 atom stereocenters. The van der Waals surface area contributed by atoms with Gasteiger partial charge in [0, 0.05) is 56.5 Å². The number of imidazole rings is 1. The Balaban J connectivity index is 1.52. The van der Waals surface area contributed by atoms with Gasteiger partial charge in [0.05, 0.1) is 11.9 Å². The van der Waals surface area contributed by atoms with Crippen LogP contribution in [0.3, 0.4) is 0 Å². The van der Waals surface area contributed by atoms with Gasteiger partial charge in [-0.3, -0.25) is 9.59 Å². The molecule has 0 bridgehead atoms. The highest BCUT2D eigenvalue weighted by Gasteiger charge is 2.29. The molecule has 1 saturated heterocycles. The third-order valence-electron chi connectivity index (χ3n) is 5.04. The molecule has 2 aromatic heterocycles. The van der Waals surface area contributed by atoms with Crippen LogP contribution in [0.2, 0.25) is 0 Å². The summed E-state index contributed by atoms with van der Waals surface area (Å²) in [5.41, 5.74) is 1.63. The first-order valence-corrected chi connectivity index (χ1v) is 10.0. The van der Waals surface area contributed by atoms with Crippen molar-refractivity contribution in [3.63, 3.8) is 0 Å². The zero-order valence-electron chi connectivity index (χ0n) is 16.6. The molecule has 2 N–H and O–H groups in total. The second-order valence-electron chi connectivity index (χ2n) is 7.84. The number of ketones is 1. The Morgan fingerprint density at radius 1 is 1.32 bits per heavy atom. The molecule has 0 unspecified atom stereocenters. The van der Waals surface area contributed by atoms with E-state index in [0.717, 1.165) is 37.3 Å². The van der Waals surface area contributed by atoms with Gasteiger partial charge >= 0.3 is 0 Å². The highest BCUT2D eigenvalue weighted by molar-refractivity contribution is 5.94. The van der Waals surface area contributed by atoms with Gasteiger partial charge < -0.3 is 15.2 Å². The number of nitrogens with one attached hydrogen (secondary N) is 2. The Morgan fingerprint density at radius 3 is 2.86 bits per heavy atom. The summed E-state index contributed by atoms with van der Waals surface area (Å²) >= 11 is 0. The third-order valence-corrected chi connectivity index (χ3v) is 5.04. The Hall–Kier alpha value is -2.70. The maximum atomic E-state index is 12.8. The lowest BCUT2D eigenvalue weighted by Crippen LogP contribution is -2.42. The standard InChI is InChI=1S/C21H29N5O2/c1-15(2)10-19(27)17-4-3-9-26(13-17)21(28)16-5-6-20(24-11-16)23-8-7-18-12-22-14-25-18/h5-6,11-12,14-15,17H,3-4,7-10,13H2,1-2H3,(H,22,25)(H,23,24)/t17-/m0/s1. The summed E-state index contributed by atoms with van der Waals surface area (Å²) in [5.74, 6) is 1.30. The molecule has 1 amide bonds. The number of hydrogen-bond acceptors (Lipinski definition) is 5. The van der Waals surface area contributed by atoms with Gasteiger partial charge in [-0.15, -0.1) is 0 Å². The molecule has 0 spiro atoms. The minimum absolute atomic E-state index is 0.0310. The number of Topliss-reactive ketones (excluding diaryl/α,β-unsaturated/α-hetero) is 1. The van der Waals surface area contributed by atoms with Crippen LogP contribution in [0.5, 0.6) is 0 Å². The number of anilines is 1. The highest BCUT2D eigenvalue weighted by atomic mass is 16.2. The van der Waals surface area contributed by atoms with E-state index in [4.69, 9.17) is 0 Å². The van der Waals surface area contributed by atoms with E-state index in [2.05, 4.69) is 34.1 Å². The molecule has 28 heavy (non-hydrogen) atoms. The molecule has 7 nitrogen and oxygen atoms in total. The molecule has 0 aliphatic carbocycles. The van der Waals surface area contributed by atoms with Crippen molar-refractivity contribution in [3.8, 4) is 0 Å². The van der Waals surface area contributed by atoms with E-state index in [9.17, 15) is 9.59 Å². The van der Waals surface area contributed by atoms with E-state index in [-0.39, 0.29) is 17.6 Å². The van der Waals surface area contributed by atoms with Gasteiger partial charge in [0.2, 0.25) is 0 Å². The highest BCUT2D eigenvalue weighted by Crippen LogP contribution is 2.22. The van der Waals surface area contributed by atoms with Crippen LogP contribution in [0.25, 0.3) is 0 Å². The quantitative estimate of drug-likeness (QED) is 0.731. The maximum Gasteiger partial charge on any atom is 0.255 e. The Bertz CT molecular complexity index is 771. The molecule has 7 heteroatoms. The number of carbonyl (C=O) groups excluding carboxylic acids is 2. The Labute approximate surface area is 166 Å². The van der Waals surface area contributed by atoms with Crippen molar-refractivity contribution in [2.45, 2.75) is 39.5 Å².